The Hall–Kier alpha value is -2.86. The molecule has 2 N–H and O–H groups in total. The largest absolute Gasteiger partial charge is 0.508 e. The molecular weight excluding hydrogens is 384 g/mol. The molecule has 5 nitrogen and oxygen atoms in total. The van der Waals surface area contributed by atoms with Gasteiger partial charge in [-0.1, -0.05) is 30.3 Å². The number of aromatic hydroxyl groups is 1. The van der Waals surface area contributed by atoms with Gasteiger partial charge in [0.2, 0.25) is 5.91 Å². The Kier molecular flexibility index (Phi) is 6.54. The number of thiol groups is 1. The van der Waals surface area contributed by atoms with Crippen molar-refractivity contribution in [3.8, 4) is 5.75 Å². The number of phenols is 1. The van der Waals surface area contributed by atoms with Gasteiger partial charge in [-0.2, -0.15) is 0 Å². The highest BCUT2D eigenvalue weighted by atomic mass is 32.1. The molecule has 0 aromatic heterocycles. The fourth-order valence-electron chi connectivity index (χ4n) is 3.29. The monoisotopic (exact) mass is 408 g/mol. The van der Waals surface area contributed by atoms with Crippen LogP contribution in [-0.2, 0) is 16.0 Å². The first-order valence-corrected chi connectivity index (χ1v) is 9.98. The molecule has 0 saturated heterocycles. The molecule has 1 amide bonds. The van der Waals surface area contributed by atoms with E-state index in [0.717, 1.165) is 21.6 Å². The average molecular weight is 409 g/mol. The molecule has 2 aromatic rings. The molecule has 3 rings (SSSR count). The summed E-state index contributed by atoms with van der Waals surface area (Å²) in [4.78, 5) is 27.0. The third-order valence-electron chi connectivity index (χ3n) is 5.10. The van der Waals surface area contributed by atoms with Crippen LogP contribution >= 0.6 is 12.6 Å². The van der Waals surface area contributed by atoms with Crippen molar-refractivity contribution >= 4 is 30.5 Å². The highest BCUT2D eigenvalue weighted by Crippen LogP contribution is 2.33. The number of allylic oxidation sites excluding steroid dienone is 1. The van der Waals surface area contributed by atoms with Crippen LogP contribution in [0.3, 0.4) is 0 Å². The van der Waals surface area contributed by atoms with E-state index < -0.39 is 5.92 Å². The van der Waals surface area contributed by atoms with Gasteiger partial charge in [-0.25, -0.2) is 0 Å². The Labute approximate surface area is 176 Å². The Balaban J connectivity index is 1.60. The van der Waals surface area contributed by atoms with Crippen molar-refractivity contribution in [2.75, 3.05) is 13.1 Å². The lowest BCUT2D eigenvalue weighted by Crippen LogP contribution is -2.38. The van der Waals surface area contributed by atoms with E-state index in [0.29, 0.717) is 31.5 Å². The maximum absolute atomic E-state index is 12.9. The van der Waals surface area contributed by atoms with Gasteiger partial charge in [-0.05, 0) is 54.3 Å². The van der Waals surface area contributed by atoms with Gasteiger partial charge in [0.05, 0.1) is 5.92 Å². The van der Waals surface area contributed by atoms with Crippen LogP contribution in [0.5, 0.6) is 5.75 Å². The third kappa shape index (κ3) is 5.15. The van der Waals surface area contributed by atoms with Crippen LogP contribution in [0.4, 0.5) is 0 Å². The minimum absolute atomic E-state index is 0.0607. The second kappa shape index (κ2) is 9.09. The second-order valence-corrected chi connectivity index (χ2v) is 7.66. The fraction of sp³-hybridized carbons (Fsp3) is 0.261. The molecule has 0 bridgehead atoms. The minimum atomic E-state index is -0.764. The molecule has 150 valence electrons. The van der Waals surface area contributed by atoms with Crippen LogP contribution in [0.25, 0.3) is 0 Å². The van der Waals surface area contributed by atoms with Crippen molar-refractivity contribution in [3.05, 3.63) is 71.3 Å². The number of carbonyl (C=O) groups excluding carboxylic acids is 2. The average Bonchev–Trinajstić information content (AvgIpc) is 3.50. The zero-order chi connectivity index (χ0) is 21.0. The molecule has 0 heterocycles. The summed E-state index contributed by atoms with van der Waals surface area (Å²) >= 11 is 4.27. The first kappa shape index (κ1) is 20.9. The van der Waals surface area contributed by atoms with E-state index in [-0.39, 0.29) is 17.6 Å². The predicted molar refractivity (Wildman–Crippen MR) is 116 cm³/mol. The van der Waals surface area contributed by atoms with Crippen molar-refractivity contribution < 1.29 is 14.7 Å². The molecule has 0 fully saturated rings. The van der Waals surface area contributed by atoms with Gasteiger partial charge in [0.15, 0.2) is 0 Å². The Morgan fingerprint density at radius 1 is 1.21 bits per heavy atom. The Morgan fingerprint density at radius 2 is 1.86 bits per heavy atom. The van der Waals surface area contributed by atoms with Crippen molar-refractivity contribution in [1.29, 1.82) is 5.41 Å². The number of phenolic OH excluding ortho intramolecular Hbond substituents is 1. The number of rotatable bonds is 9. The number of nitrogens with one attached hydrogen (secondary N) is 1. The zero-order valence-electron chi connectivity index (χ0n) is 16.2. The summed E-state index contributed by atoms with van der Waals surface area (Å²) in [5.74, 6) is -0.891. The number of hydrogen-bond acceptors (Lipinski definition) is 5. The highest BCUT2D eigenvalue weighted by Gasteiger charge is 2.33. The molecule has 0 aliphatic heterocycles. The summed E-state index contributed by atoms with van der Waals surface area (Å²) in [6.45, 7) is 2.80. The molecule has 2 atom stereocenters. The van der Waals surface area contributed by atoms with Gasteiger partial charge in [0.1, 0.15) is 12.0 Å². The van der Waals surface area contributed by atoms with Gasteiger partial charge in [-0.15, -0.1) is 12.6 Å². The first-order chi connectivity index (χ1) is 13.9. The van der Waals surface area contributed by atoms with E-state index in [4.69, 9.17) is 5.41 Å². The van der Waals surface area contributed by atoms with E-state index in [9.17, 15) is 14.7 Å². The predicted octanol–water partition coefficient (Wildman–Crippen LogP) is 3.51. The summed E-state index contributed by atoms with van der Waals surface area (Å²) in [7, 11) is 0. The number of amides is 1. The van der Waals surface area contributed by atoms with E-state index in [2.05, 4.69) is 12.6 Å². The summed E-state index contributed by atoms with van der Waals surface area (Å²) in [5.41, 5.74) is 3.19. The number of likely N-dealkylation sites (N-methyl/N-ethyl adjacent to an activating group) is 1. The van der Waals surface area contributed by atoms with Crippen molar-refractivity contribution in [2.24, 2.45) is 11.8 Å². The molecule has 6 heteroatoms. The van der Waals surface area contributed by atoms with Gasteiger partial charge >= 0.3 is 0 Å². The number of nitrogens with zero attached hydrogens (tertiary/aromatic N) is 1. The fourth-order valence-corrected chi connectivity index (χ4v) is 3.44. The van der Waals surface area contributed by atoms with Crippen molar-refractivity contribution in [1.82, 2.24) is 4.90 Å². The maximum atomic E-state index is 12.9. The summed E-state index contributed by atoms with van der Waals surface area (Å²) in [6, 6.07) is 14.0. The molecular formula is C23H24N2O3S. The summed E-state index contributed by atoms with van der Waals surface area (Å²) < 4.78 is 0. The van der Waals surface area contributed by atoms with Gasteiger partial charge in [0, 0.05) is 29.6 Å². The SMILES string of the molecule is CCN(CC1=CC1C(=N)c1ccc(S)cc1)C(=O)C(C=O)Cc1ccc(O)cc1. The second-order valence-electron chi connectivity index (χ2n) is 7.15. The summed E-state index contributed by atoms with van der Waals surface area (Å²) in [5, 5.41) is 17.8. The highest BCUT2D eigenvalue weighted by molar-refractivity contribution is 7.80. The van der Waals surface area contributed by atoms with Gasteiger partial charge in [-0.3, -0.25) is 4.79 Å². The van der Waals surface area contributed by atoms with E-state index >= 15 is 0 Å². The summed E-state index contributed by atoms with van der Waals surface area (Å²) in [6.07, 6.45) is 2.98. The van der Waals surface area contributed by atoms with Crippen LogP contribution in [0.1, 0.15) is 18.1 Å². The molecule has 1 aliphatic rings. The topological polar surface area (TPSA) is 81.5 Å². The van der Waals surface area contributed by atoms with Crippen LogP contribution in [0.2, 0.25) is 0 Å². The lowest BCUT2D eigenvalue weighted by Gasteiger charge is -2.23. The normalized spacial score (nSPS) is 15.9. The maximum Gasteiger partial charge on any atom is 0.233 e. The lowest BCUT2D eigenvalue weighted by atomic mass is 9.98. The lowest BCUT2D eigenvalue weighted by molar-refractivity contribution is -0.137. The van der Waals surface area contributed by atoms with Crippen LogP contribution in [0.15, 0.2) is 65.1 Å². The van der Waals surface area contributed by atoms with Gasteiger partial charge < -0.3 is 20.2 Å². The quantitative estimate of drug-likeness (QED) is 0.195. The Morgan fingerprint density at radius 3 is 2.45 bits per heavy atom. The Bertz CT molecular complexity index is 936. The van der Waals surface area contributed by atoms with Gasteiger partial charge in [0.25, 0.3) is 0 Å². The smallest absolute Gasteiger partial charge is 0.233 e. The van der Waals surface area contributed by atoms with Crippen LogP contribution < -0.4 is 0 Å². The molecule has 0 spiro atoms. The third-order valence-corrected chi connectivity index (χ3v) is 5.40. The molecule has 2 unspecified atom stereocenters. The molecule has 29 heavy (non-hydrogen) atoms. The molecule has 1 aliphatic carbocycles. The van der Waals surface area contributed by atoms with Crippen molar-refractivity contribution in [3.63, 3.8) is 0 Å². The van der Waals surface area contributed by atoms with Crippen LogP contribution in [0, 0.1) is 17.2 Å². The number of benzene rings is 2. The number of carbonyl (C=O) groups is 2. The number of hydrogen-bond donors (Lipinski definition) is 3. The van der Waals surface area contributed by atoms with E-state index in [1.807, 2.05) is 37.3 Å². The number of aldehydes is 1. The minimum Gasteiger partial charge on any atom is -0.508 e. The molecule has 2 aromatic carbocycles. The molecule has 0 saturated carbocycles. The van der Waals surface area contributed by atoms with Crippen LogP contribution in [-0.4, -0.2) is 41.0 Å². The zero-order valence-corrected chi connectivity index (χ0v) is 17.1. The first-order valence-electron chi connectivity index (χ1n) is 9.53. The standard InChI is InChI=1S/C23H24N2O3S/c1-2-25(23(28)18(14-26)11-15-3-7-19(27)8-4-15)13-17-12-21(17)22(24)16-5-9-20(29)10-6-16/h3-10,12,14,18,21,24,27,29H,2,11,13H2,1H3. The molecule has 0 radical (unpaired) electrons. The van der Waals surface area contributed by atoms with Crippen molar-refractivity contribution in [2.45, 2.75) is 18.2 Å². The van der Waals surface area contributed by atoms with E-state index in [1.165, 1.54) is 0 Å². The van der Waals surface area contributed by atoms with E-state index in [1.54, 1.807) is 29.2 Å².